The van der Waals surface area contributed by atoms with Gasteiger partial charge in [-0.15, -0.1) is 0 Å². The standard InChI is InChI=1S/C11H13NO5/c13-7-3-1-2-6-5(7)4-8-9(12-6)17-11(15)10(14)16-8/h5-6,8-9,12H,1-4H2. The summed E-state index contributed by atoms with van der Waals surface area (Å²) in [6, 6.07) is 0.0436. The van der Waals surface area contributed by atoms with E-state index in [0.29, 0.717) is 12.8 Å². The van der Waals surface area contributed by atoms with Gasteiger partial charge in [0.25, 0.3) is 0 Å². The largest absolute Gasteiger partial charge is 0.448 e. The van der Waals surface area contributed by atoms with Crippen molar-refractivity contribution >= 4 is 17.7 Å². The Hall–Kier alpha value is -1.43. The maximum absolute atomic E-state index is 11.8. The number of nitrogens with one attached hydrogen (secondary N) is 1. The van der Waals surface area contributed by atoms with Gasteiger partial charge >= 0.3 is 11.9 Å². The number of fused-ring (bicyclic) bond motifs is 2. The highest BCUT2D eigenvalue weighted by Crippen LogP contribution is 2.33. The van der Waals surface area contributed by atoms with Crippen LogP contribution in [-0.4, -0.2) is 36.1 Å². The van der Waals surface area contributed by atoms with Crippen LogP contribution in [0.5, 0.6) is 0 Å². The van der Waals surface area contributed by atoms with Crippen LogP contribution in [0.1, 0.15) is 25.7 Å². The van der Waals surface area contributed by atoms with Gasteiger partial charge in [-0.2, -0.15) is 0 Å². The summed E-state index contributed by atoms with van der Waals surface area (Å²) in [5.74, 6) is -1.83. The summed E-state index contributed by atoms with van der Waals surface area (Å²) in [7, 11) is 0. The monoisotopic (exact) mass is 239 g/mol. The van der Waals surface area contributed by atoms with Crippen LogP contribution >= 0.6 is 0 Å². The molecule has 3 fully saturated rings. The number of hydrogen-bond acceptors (Lipinski definition) is 6. The van der Waals surface area contributed by atoms with Crippen LogP contribution in [0.15, 0.2) is 0 Å². The molecule has 6 nitrogen and oxygen atoms in total. The fraction of sp³-hybridized carbons (Fsp3) is 0.727. The molecule has 0 aromatic rings. The Kier molecular flexibility index (Phi) is 2.39. The van der Waals surface area contributed by atoms with E-state index < -0.39 is 24.3 Å². The number of carbonyl (C=O) groups excluding carboxylic acids is 3. The average Bonchev–Trinajstić information content (AvgIpc) is 2.29. The second-order valence-electron chi connectivity index (χ2n) is 4.74. The number of esters is 2. The van der Waals surface area contributed by atoms with Crippen LogP contribution in [0.3, 0.4) is 0 Å². The highest BCUT2D eigenvalue weighted by molar-refractivity contribution is 6.30. The van der Waals surface area contributed by atoms with Gasteiger partial charge in [-0.05, 0) is 12.8 Å². The molecular formula is C11H13NO5. The predicted octanol–water partition coefficient (Wildman–Crippen LogP) is -0.488. The minimum Gasteiger partial charge on any atom is -0.448 e. The summed E-state index contributed by atoms with van der Waals surface area (Å²) in [4.78, 5) is 33.9. The molecule has 2 saturated heterocycles. The number of piperidine rings is 1. The van der Waals surface area contributed by atoms with Crippen LogP contribution in [-0.2, 0) is 23.9 Å². The Balaban J connectivity index is 1.78. The lowest BCUT2D eigenvalue weighted by Gasteiger charge is -2.43. The molecule has 0 spiro atoms. The molecule has 0 radical (unpaired) electrons. The van der Waals surface area contributed by atoms with Crippen molar-refractivity contribution in [1.82, 2.24) is 5.32 Å². The number of ether oxygens (including phenoxy) is 2. The summed E-state index contributed by atoms with van der Waals surface area (Å²) in [5, 5.41) is 3.10. The molecule has 2 aliphatic heterocycles. The highest BCUT2D eigenvalue weighted by atomic mass is 16.7. The summed E-state index contributed by atoms with van der Waals surface area (Å²) in [5.41, 5.74) is 0. The zero-order valence-corrected chi connectivity index (χ0v) is 9.18. The number of rotatable bonds is 0. The van der Waals surface area contributed by atoms with Gasteiger partial charge in [0.2, 0.25) is 0 Å². The molecule has 1 N–H and O–H groups in total. The minimum atomic E-state index is -0.963. The zero-order valence-electron chi connectivity index (χ0n) is 9.18. The first kappa shape index (κ1) is 10.7. The van der Waals surface area contributed by atoms with E-state index in [1.54, 1.807) is 0 Å². The first-order valence-corrected chi connectivity index (χ1v) is 5.85. The first-order chi connectivity index (χ1) is 8.15. The molecule has 4 unspecified atom stereocenters. The van der Waals surface area contributed by atoms with Crippen molar-refractivity contribution in [3.63, 3.8) is 0 Å². The molecule has 6 heteroatoms. The fourth-order valence-electron chi connectivity index (χ4n) is 2.86. The summed E-state index contributed by atoms with van der Waals surface area (Å²) >= 11 is 0. The second-order valence-corrected chi connectivity index (χ2v) is 4.74. The van der Waals surface area contributed by atoms with Crippen molar-refractivity contribution in [2.75, 3.05) is 0 Å². The molecule has 2 heterocycles. The molecule has 92 valence electrons. The Morgan fingerprint density at radius 1 is 1.12 bits per heavy atom. The van der Waals surface area contributed by atoms with Crippen LogP contribution in [0.25, 0.3) is 0 Å². The van der Waals surface area contributed by atoms with Crippen molar-refractivity contribution in [2.24, 2.45) is 5.92 Å². The maximum Gasteiger partial charge on any atom is 0.419 e. The third kappa shape index (κ3) is 1.72. The van der Waals surface area contributed by atoms with Crippen molar-refractivity contribution in [2.45, 2.75) is 44.1 Å². The van der Waals surface area contributed by atoms with Crippen LogP contribution in [0.2, 0.25) is 0 Å². The van der Waals surface area contributed by atoms with Crippen LogP contribution in [0.4, 0.5) is 0 Å². The van der Waals surface area contributed by atoms with Gasteiger partial charge in [-0.25, -0.2) is 9.59 Å². The number of Topliss-reactive ketones (excluding diaryl/α,β-unsaturated/α-hetero) is 1. The molecule has 0 bridgehead atoms. The van der Waals surface area contributed by atoms with Crippen molar-refractivity contribution in [1.29, 1.82) is 0 Å². The van der Waals surface area contributed by atoms with E-state index in [9.17, 15) is 14.4 Å². The number of ketones is 1. The number of hydrogen-bond donors (Lipinski definition) is 1. The summed E-state index contributed by atoms with van der Waals surface area (Å²) in [6.07, 6.45) is 1.69. The highest BCUT2D eigenvalue weighted by Gasteiger charge is 2.48. The van der Waals surface area contributed by atoms with Crippen LogP contribution in [0, 0.1) is 5.92 Å². The van der Waals surface area contributed by atoms with E-state index in [-0.39, 0.29) is 17.7 Å². The predicted molar refractivity (Wildman–Crippen MR) is 53.6 cm³/mol. The normalized spacial score (nSPS) is 41.1. The zero-order chi connectivity index (χ0) is 12.0. The van der Waals surface area contributed by atoms with E-state index in [2.05, 4.69) is 5.32 Å². The van der Waals surface area contributed by atoms with Crippen molar-refractivity contribution in [3.8, 4) is 0 Å². The Morgan fingerprint density at radius 3 is 2.71 bits per heavy atom. The number of carbonyl (C=O) groups is 3. The SMILES string of the molecule is O=C1OC2CC3C(=O)CCCC3NC2OC1=O. The topological polar surface area (TPSA) is 81.7 Å². The molecule has 1 saturated carbocycles. The van der Waals surface area contributed by atoms with Gasteiger partial charge in [0, 0.05) is 24.8 Å². The lowest BCUT2D eigenvalue weighted by atomic mass is 9.77. The Morgan fingerprint density at radius 2 is 1.88 bits per heavy atom. The molecule has 3 aliphatic rings. The third-order valence-electron chi connectivity index (χ3n) is 3.70. The van der Waals surface area contributed by atoms with E-state index in [4.69, 9.17) is 9.47 Å². The third-order valence-corrected chi connectivity index (χ3v) is 3.70. The van der Waals surface area contributed by atoms with Gasteiger partial charge in [-0.3, -0.25) is 10.1 Å². The van der Waals surface area contributed by atoms with Crippen molar-refractivity contribution in [3.05, 3.63) is 0 Å². The van der Waals surface area contributed by atoms with Gasteiger partial charge in [0.05, 0.1) is 0 Å². The van der Waals surface area contributed by atoms with E-state index in [0.717, 1.165) is 12.8 Å². The summed E-state index contributed by atoms with van der Waals surface area (Å²) in [6.45, 7) is 0. The Labute approximate surface area is 97.6 Å². The van der Waals surface area contributed by atoms with Crippen molar-refractivity contribution < 1.29 is 23.9 Å². The van der Waals surface area contributed by atoms with E-state index in [1.165, 1.54) is 0 Å². The smallest absolute Gasteiger partial charge is 0.419 e. The molecule has 1 aliphatic carbocycles. The van der Waals surface area contributed by atoms with E-state index in [1.807, 2.05) is 0 Å². The average molecular weight is 239 g/mol. The summed E-state index contributed by atoms with van der Waals surface area (Å²) < 4.78 is 9.92. The molecule has 4 atom stereocenters. The lowest BCUT2D eigenvalue weighted by Crippen LogP contribution is -2.62. The fourth-order valence-corrected chi connectivity index (χ4v) is 2.86. The van der Waals surface area contributed by atoms with Gasteiger partial charge in [0.15, 0.2) is 12.3 Å². The quantitative estimate of drug-likeness (QED) is 0.454. The molecule has 0 aromatic heterocycles. The molecule has 0 aromatic carbocycles. The van der Waals surface area contributed by atoms with Gasteiger partial charge in [-0.1, -0.05) is 0 Å². The Bertz CT molecular complexity index is 393. The van der Waals surface area contributed by atoms with Gasteiger partial charge < -0.3 is 9.47 Å². The first-order valence-electron chi connectivity index (χ1n) is 5.85. The maximum atomic E-state index is 11.8. The minimum absolute atomic E-state index is 0.0436. The molecule has 0 amide bonds. The molecule has 3 rings (SSSR count). The second kappa shape index (κ2) is 3.80. The lowest BCUT2D eigenvalue weighted by molar-refractivity contribution is -0.205. The van der Waals surface area contributed by atoms with Gasteiger partial charge in [0.1, 0.15) is 5.78 Å². The molecular weight excluding hydrogens is 226 g/mol. The van der Waals surface area contributed by atoms with Crippen LogP contribution < -0.4 is 5.32 Å². The van der Waals surface area contributed by atoms with E-state index >= 15 is 0 Å². The molecule has 17 heavy (non-hydrogen) atoms.